The fraction of sp³-hybridized carbons (Fsp3) is 0. The molecule has 0 fully saturated rings. The van der Waals surface area contributed by atoms with Crippen LogP contribution in [0, 0.1) is 3.57 Å². The molecule has 0 saturated carbocycles. The van der Waals surface area contributed by atoms with Crippen LogP contribution >= 0.6 is 50.1 Å². The molecule has 0 aromatic carbocycles. The molecule has 54 valence electrons. The molecule has 0 aliphatic rings. The van der Waals surface area contributed by atoms with Gasteiger partial charge in [-0.2, -0.15) is 4.98 Å². The van der Waals surface area contributed by atoms with Crippen LogP contribution in [-0.2, 0) is 0 Å². The van der Waals surface area contributed by atoms with Crippen molar-refractivity contribution in [1.29, 1.82) is 0 Å². The molecule has 0 aliphatic heterocycles. The molecular weight excluding hydrogens is 332 g/mol. The summed E-state index contributed by atoms with van der Waals surface area (Å²) < 4.78 is 1.37. The first-order chi connectivity index (χ1) is 4.61. The monoisotopic (exact) mass is 333 g/mol. The number of rotatable bonds is 0. The molecule has 10 heavy (non-hydrogen) atoms. The average Bonchev–Trinajstić information content (AvgIpc) is 1.84. The van der Waals surface area contributed by atoms with E-state index in [0.717, 1.165) is 0 Å². The van der Waals surface area contributed by atoms with Crippen LogP contribution in [0.5, 0.6) is 5.88 Å². The van der Waals surface area contributed by atoms with Gasteiger partial charge in [-0.05, 0) is 44.6 Å². The van der Waals surface area contributed by atoms with E-state index in [1.807, 2.05) is 22.6 Å². The van der Waals surface area contributed by atoms with Crippen LogP contribution < -0.4 is 0 Å². The molecule has 0 amide bonds. The van der Waals surface area contributed by atoms with Gasteiger partial charge >= 0.3 is 0 Å². The highest BCUT2D eigenvalue weighted by molar-refractivity contribution is 14.1. The Bertz CT molecular complexity index is 218. The molecule has 1 heterocycles. The maximum absolute atomic E-state index is 9.00. The predicted molar refractivity (Wildman–Crippen MR) is 51.3 cm³/mol. The van der Waals surface area contributed by atoms with Crippen molar-refractivity contribution in [2.75, 3.05) is 0 Å². The Balaban J connectivity index is 3.28. The zero-order chi connectivity index (χ0) is 7.72. The zero-order valence-corrected chi connectivity index (χ0v) is 9.11. The summed E-state index contributed by atoms with van der Waals surface area (Å²) in [6.07, 6.45) is 0. The predicted octanol–water partition coefficient (Wildman–Crippen LogP) is 2.81. The van der Waals surface area contributed by atoms with E-state index in [1.165, 1.54) is 0 Å². The number of halogens is 3. The number of pyridine rings is 1. The fourth-order valence-electron chi connectivity index (χ4n) is 0.435. The highest BCUT2D eigenvalue weighted by Crippen LogP contribution is 2.26. The summed E-state index contributed by atoms with van der Waals surface area (Å²) in [6, 6.07) is 1.70. The molecule has 1 N–H and O–H groups in total. The smallest absolute Gasteiger partial charge is 0.226 e. The van der Waals surface area contributed by atoms with Crippen molar-refractivity contribution >= 4 is 50.1 Å². The summed E-state index contributed by atoms with van der Waals surface area (Å²) in [5, 5.41) is 9.28. The van der Waals surface area contributed by atoms with Crippen molar-refractivity contribution in [3.63, 3.8) is 0 Å². The quantitative estimate of drug-likeness (QED) is 0.585. The maximum Gasteiger partial charge on any atom is 0.226 e. The normalized spacial score (nSPS) is 9.90. The minimum Gasteiger partial charge on any atom is -0.492 e. The van der Waals surface area contributed by atoms with Crippen molar-refractivity contribution in [2.45, 2.75) is 0 Å². The van der Waals surface area contributed by atoms with E-state index in [-0.39, 0.29) is 11.0 Å². The molecule has 1 aromatic rings. The van der Waals surface area contributed by atoms with E-state index in [9.17, 15) is 0 Å². The van der Waals surface area contributed by atoms with Gasteiger partial charge in [-0.25, -0.2) is 0 Å². The average molecular weight is 334 g/mol. The Morgan fingerprint density at radius 3 is 2.80 bits per heavy atom. The lowest BCUT2D eigenvalue weighted by atomic mass is 10.5. The number of aromatic hydroxyl groups is 1. The molecule has 0 aliphatic carbocycles. The third-order valence-electron chi connectivity index (χ3n) is 0.868. The van der Waals surface area contributed by atoms with Gasteiger partial charge in [0.15, 0.2) is 0 Å². The molecule has 0 radical (unpaired) electrons. The fourth-order valence-corrected chi connectivity index (χ4v) is 1.75. The Hall–Kier alpha value is 0.450. The lowest BCUT2D eigenvalue weighted by Crippen LogP contribution is -1.81. The van der Waals surface area contributed by atoms with Crippen molar-refractivity contribution in [3.8, 4) is 5.88 Å². The van der Waals surface area contributed by atoms with Gasteiger partial charge in [0.05, 0.1) is 8.04 Å². The number of aromatic nitrogens is 1. The van der Waals surface area contributed by atoms with Gasteiger partial charge in [0.2, 0.25) is 5.88 Å². The second-order valence-electron chi connectivity index (χ2n) is 1.57. The molecule has 1 rings (SSSR count). The molecule has 2 nitrogen and oxygen atoms in total. The van der Waals surface area contributed by atoms with E-state index in [0.29, 0.717) is 8.04 Å². The van der Waals surface area contributed by atoms with Crippen LogP contribution in [0.15, 0.2) is 10.5 Å². The van der Waals surface area contributed by atoms with Crippen molar-refractivity contribution in [3.05, 3.63) is 19.3 Å². The molecule has 0 saturated heterocycles. The lowest BCUT2D eigenvalue weighted by molar-refractivity contribution is 0.449. The van der Waals surface area contributed by atoms with E-state index in [1.54, 1.807) is 6.07 Å². The summed E-state index contributed by atoms with van der Waals surface area (Å²) in [7, 11) is 0. The van der Waals surface area contributed by atoms with Gasteiger partial charge in [0.1, 0.15) is 5.15 Å². The Morgan fingerprint density at radius 1 is 1.70 bits per heavy atom. The Morgan fingerprint density at radius 2 is 2.30 bits per heavy atom. The van der Waals surface area contributed by atoms with Gasteiger partial charge in [0, 0.05) is 0 Å². The summed E-state index contributed by atoms with van der Waals surface area (Å²) in [5.74, 6) is -0.0335. The van der Waals surface area contributed by atoms with Crippen LogP contribution in [0.3, 0.4) is 0 Å². The van der Waals surface area contributed by atoms with Gasteiger partial charge in [0.25, 0.3) is 0 Å². The highest BCUT2D eigenvalue weighted by Gasteiger charge is 2.03. The first kappa shape index (κ1) is 8.55. The van der Waals surface area contributed by atoms with Crippen LogP contribution in [0.2, 0.25) is 5.15 Å². The lowest BCUT2D eigenvalue weighted by Gasteiger charge is -1.97. The first-order valence-corrected chi connectivity index (χ1v) is 4.56. The summed E-state index contributed by atoms with van der Waals surface area (Å²) in [6.45, 7) is 0. The number of hydrogen-bond donors (Lipinski definition) is 1. The second-order valence-corrected chi connectivity index (χ2v) is 3.94. The summed E-state index contributed by atoms with van der Waals surface area (Å²) in [5.41, 5.74) is 0. The van der Waals surface area contributed by atoms with Crippen LogP contribution in [-0.4, -0.2) is 10.1 Å². The largest absolute Gasteiger partial charge is 0.492 e. The summed E-state index contributed by atoms with van der Waals surface area (Å²) in [4.78, 5) is 3.64. The molecule has 1 aromatic heterocycles. The molecule has 0 atom stereocenters. The Kier molecular flexibility index (Phi) is 2.76. The van der Waals surface area contributed by atoms with Crippen LogP contribution in [0.4, 0.5) is 0 Å². The Labute approximate surface area is 84.9 Å². The van der Waals surface area contributed by atoms with E-state index < -0.39 is 0 Å². The molecule has 0 unspecified atom stereocenters. The SMILES string of the molecule is Oc1nc(Cl)c(Br)cc1I. The second kappa shape index (κ2) is 3.23. The third kappa shape index (κ3) is 1.73. The molecular formula is C5H2BrClINO. The molecule has 0 spiro atoms. The van der Waals surface area contributed by atoms with E-state index in [2.05, 4.69) is 20.9 Å². The maximum atomic E-state index is 9.00. The standard InChI is InChI=1S/C5H2BrClINO/c6-2-1-3(8)5(10)9-4(2)7/h1H,(H,9,10). The minimum absolute atomic E-state index is 0.0335. The van der Waals surface area contributed by atoms with Crippen molar-refractivity contribution < 1.29 is 5.11 Å². The van der Waals surface area contributed by atoms with Gasteiger partial charge in [-0.15, -0.1) is 0 Å². The van der Waals surface area contributed by atoms with E-state index >= 15 is 0 Å². The first-order valence-electron chi connectivity index (χ1n) is 2.32. The van der Waals surface area contributed by atoms with Crippen LogP contribution in [0.25, 0.3) is 0 Å². The molecule has 0 bridgehead atoms. The summed E-state index contributed by atoms with van der Waals surface area (Å²) >= 11 is 10.7. The molecule has 5 heteroatoms. The number of nitrogens with zero attached hydrogens (tertiary/aromatic N) is 1. The third-order valence-corrected chi connectivity index (χ3v) is 2.78. The van der Waals surface area contributed by atoms with Gasteiger partial charge < -0.3 is 5.11 Å². The zero-order valence-electron chi connectivity index (χ0n) is 4.61. The van der Waals surface area contributed by atoms with Crippen LogP contribution in [0.1, 0.15) is 0 Å². The number of hydrogen-bond acceptors (Lipinski definition) is 2. The van der Waals surface area contributed by atoms with Crippen molar-refractivity contribution in [1.82, 2.24) is 4.98 Å². The minimum atomic E-state index is -0.0335. The van der Waals surface area contributed by atoms with Gasteiger partial charge in [-0.1, -0.05) is 11.6 Å². The van der Waals surface area contributed by atoms with Gasteiger partial charge in [-0.3, -0.25) is 0 Å². The van der Waals surface area contributed by atoms with E-state index in [4.69, 9.17) is 16.7 Å². The topological polar surface area (TPSA) is 33.1 Å². The highest BCUT2D eigenvalue weighted by atomic mass is 127. The van der Waals surface area contributed by atoms with Crippen molar-refractivity contribution in [2.24, 2.45) is 0 Å².